The zero-order valence-electron chi connectivity index (χ0n) is 5.69. The predicted molar refractivity (Wildman–Crippen MR) is 43.2 cm³/mol. The van der Waals surface area contributed by atoms with E-state index in [1.165, 1.54) is 32.1 Å². The van der Waals surface area contributed by atoms with Gasteiger partial charge in [-0.05, 0) is 0 Å². The predicted octanol–water partition coefficient (Wildman–Crippen LogP) is 1.38. The van der Waals surface area contributed by atoms with Crippen molar-refractivity contribution in [1.29, 1.82) is 0 Å². The van der Waals surface area contributed by atoms with E-state index in [2.05, 4.69) is 5.92 Å². The zero-order valence-corrected chi connectivity index (χ0v) is 8.11. The van der Waals surface area contributed by atoms with Crippen LogP contribution in [0.3, 0.4) is 0 Å². The molecular weight excluding hydrogens is 171 g/mol. The molecule has 1 heteroatoms. The van der Waals surface area contributed by atoms with Gasteiger partial charge < -0.3 is 0 Å². The second-order valence-corrected chi connectivity index (χ2v) is 5.18. The molecule has 1 unspecified atom stereocenters. The number of hydrogen-bond acceptors (Lipinski definition) is 0. The van der Waals surface area contributed by atoms with Gasteiger partial charge >= 0.3 is 65.5 Å². The fourth-order valence-electron chi connectivity index (χ4n) is 1.33. The summed E-state index contributed by atoms with van der Waals surface area (Å²) in [6.45, 7) is 0. The molecule has 0 aromatic rings. The van der Waals surface area contributed by atoms with Crippen molar-refractivity contribution < 1.29 is 0 Å². The summed E-state index contributed by atoms with van der Waals surface area (Å²) in [6.07, 6.45) is 12.0. The molecular formula is C8H13As. The molecule has 9 heavy (non-hydrogen) atoms. The minimum atomic E-state index is 0.311. The van der Waals surface area contributed by atoms with Gasteiger partial charge in [-0.1, -0.05) is 0 Å². The first-order valence-electron chi connectivity index (χ1n) is 3.53. The third kappa shape index (κ3) is 1.77. The van der Waals surface area contributed by atoms with Crippen LogP contribution >= 0.6 is 0 Å². The third-order valence-corrected chi connectivity index (χ3v) is 3.59. The van der Waals surface area contributed by atoms with E-state index in [1.54, 1.807) is 16.9 Å². The van der Waals surface area contributed by atoms with Crippen molar-refractivity contribution in [3.8, 4) is 12.3 Å². The van der Waals surface area contributed by atoms with Crippen LogP contribution in [0.25, 0.3) is 0 Å². The average molecular weight is 184 g/mol. The van der Waals surface area contributed by atoms with Crippen LogP contribution < -0.4 is 0 Å². The van der Waals surface area contributed by atoms with Gasteiger partial charge in [0.25, 0.3) is 0 Å². The molecule has 0 amide bonds. The van der Waals surface area contributed by atoms with E-state index in [-0.39, 0.29) is 0 Å². The first-order valence-corrected chi connectivity index (χ1v) is 4.75. The summed E-state index contributed by atoms with van der Waals surface area (Å²) in [5, 5.41) is 0. The standard InChI is InChI=1S/C8H13As/c1-2-8(9)6-4-3-5-7-8/h1H,3-7,9H2. The Morgan fingerprint density at radius 3 is 2.11 bits per heavy atom. The van der Waals surface area contributed by atoms with Crippen LogP contribution in [-0.2, 0) is 0 Å². The Morgan fingerprint density at radius 1 is 1.22 bits per heavy atom. The Bertz CT molecular complexity index is 126. The quantitative estimate of drug-likeness (QED) is 0.394. The first kappa shape index (κ1) is 7.23. The Kier molecular flexibility index (Phi) is 2.25. The van der Waals surface area contributed by atoms with E-state index < -0.39 is 0 Å². The third-order valence-electron chi connectivity index (χ3n) is 2.03. The van der Waals surface area contributed by atoms with Crippen LogP contribution in [0.2, 0.25) is 4.20 Å². The Balaban J connectivity index is 2.49. The molecule has 0 bridgehead atoms. The molecule has 1 fully saturated rings. The molecule has 0 aliphatic heterocycles. The molecule has 0 aromatic heterocycles. The van der Waals surface area contributed by atoms with Crippen LogP contribution in [-0.4, -0.2) is 16.9 Å². The van der Waals surface area contributed by atoms with Gasteiger partial charge in [0, 0.05) is 0 Å². The summed E-state index contributed by atoms with van der Waals surface area (Å²) in [6, 6.07) is 0. The molecule has 1 aliphatic rings. The summed E-state index contributed by atoms with van der Waals surface area (Å²) >= 11 is 1.75. The fraction of sp³-hybridized carbons (Fsp3) is 0.750. The Hall–Kier alpha value is 0.118. The SMILES string of the molecule is C#CC1([AsH2])CCCCC1. The molecule has 0 N–H and O–H groups in total. The van der Waals surface area contributed by atoms with Gasteiger partial charge in [0.15, 0.2) is 0 Å². The maximum atomic E-state index is 5.40. The summed E-state index contributed by atoms with van der Waals surface area (Å²) in [5.41, 5.74) is 0. The van der Waals surface area contributed by atoms with Crippen LogP contribution in [0, 0.1) is 12.3 Å². The first-order chi connectivity index (χ1) is 4.27. The summed E-state index contributed by atoms with van der Waals surface area (Å²) in [5.74, 6) is 2.91. The number of hydrogen-bond donors (Lipinski definition) is 0. The molecule has 0 spiro atoms. The van der Waals surface area contributed by atoms with E-state index in [0.29, 0.717) is 4.20 Å². The maximum absolute atomic E-state index is 5.40. The molecule has 1 aliphatic carbocycles. The fourth-order valence-corrected chi connectivity index (χ4v) is 2.18. The molecule has 1 rings (SSSR count). The van der Waals surface area contributed by atoms with E-state index in [0.717, 1.165) is 0 Å². The molecule has 0 aromatic carbocycles. The van der Waals surface area contributed by atoms with E-state index >= 15 is 0 Å². The topological polar surface area (TPSA) is 0 Å². The molecule has 0 radical (unpaired) electrons. The van der Waals surface area contributed by atoms with E-state index in [1.807, 2.05) is 0 Å². The van der Waals surface area contributed by atoms with E-state index in [4.69, 9.17) is 6.42 Å². The average Bonchev–Trinajstić information content (AvgIpc) is 1.90. The van der Waals surface area contributed by atoms with Crippen LogP contribution in [0.4, 0.5) is 0 Å². The Labute approximate surface area is 65.9 Å². The van der Waals surface area contributed by atoms with Crippen LogP contribution in [0.5, 0.6) is 0 Å². The molecule has 1 atom stereocenters. The van der Waals surface area contributed by atoms with Crippen LogP contribution in [0.1, 0.15) is 32.1 Å². The van der Waals surface area contributed by atoms with Gasteiger partial charge in [0.2, 0.25) is 0 Å². The second kappa shape index (κ2) is 2.80. The van der Waals surface area contributed by atoms with Gasteiger partial charge in [-0.25, -0.2) is 0 Å². The van der Waals surface area contributed by atoms with Gasteiger partial charge in [0.05, 0.1) is 0 Å². The van der Waals surface area contributed by atoms with Crippen molar-refractivity contribution in [3.05, 3.63) is 0 Å². The van der Waals surface area contributed by atoms with Gasteiger partial charge in [-0.2, -0.15) is 0 Å². The minimum absolute atomic E-state index is 0.311. The monoisotopic (exact) mass is 184 g/mol. The molecule has 1 saturated carbocycles. The van der Waals surface area contributed by atoms with Gasteiger partial charge in [0.1, 0.15) is 0 Å². The summed E-state index contributed by atoms with van der Waals surface area (Å²) in [7, 11) is 0. The molecule has 0 heterocycles. The van der Waals surface area contributed by atoms with Gasteiger partial charge in [-0.3, -0.25) is 0 Å². The number of terminal acetylenes is 1. The molecule has 0 saturated heterocycles. The zero-order chi connectivity index (χ0) is 6.74. The van der Waals surface area contributed by atoms with Gasteiger partial charge in [-0.15, -0.1) is 0 Å². The molecule has 0 nitrogen and oxygen atoms in total. The van der Waals surface area contributed by atoms with Crippen molar-refractivity contribution in [2.45, 2.75) is 36.3 Å². The van der Waals surface area contributed by atoms with Crippen molar-refractivity contribution in [3.63, 3.8) is 0 Å². The number of rotatable bonds is 0. The van der Waals surface area contributed by atoms with E-state index in [9.17, 15) is 0 Å². The molecule has 50 valence electrons. The second-order valence-electron chi connectivity index (χ2n) is 2.86. The van der Waals surface area contributed by atoms with Crippen molar-refractivity contribution in [1.82, 2.24) is 0 Å². The van der Waals surface area contributed by atoms with Crippen molar-refractivity contribution in [2.24, 2.45) is 0 Å². The van der Waals surface area contributed by atoms with Crippen molar-refractivity contribution >= 4 is 16.9 Å². The van der Waals surface area contributed by atoms with Crippen molar-refractivity contribution in [2.75, 3.05) is 0 Å². The summed E-state index contributed by atoms with van der Waals surface area (Å²) < 4.78 is 0.311. The van der Waals surface area contributed by atoms with Crippen LogP contribution in [0.15, 0.2) is 0 Å². The Morgan fingerprint density at radius 2 is 1.78 bits per heavy atom. The normalized spacial score (nSPS) is 24.9. The summed E-state index contributed by atoms with van der Waals surface area (Å²) in [4.78, 5) is 0.